The lowest BCUT2D eigenvalue weighted by molar-refractivity contribution is -0.129. The molecule has 0 aliphatic heterocycles. The number of hydrogen-bond acceptors (Lipinski definition) is 4. The maximum absolute atomic E-state index is 9.32. The Morgan fingerprint density at radius 1 is 1.06 bits per heavy atom. The van der Waals surface area contributed by atoms with Gasteiger partial charge in [-0.15, -0.1) is 0 Å². The van der Waals surface area contributed by atoms with Crippen LogP contribution in [0.2, 0.25) is 0 Å². The van der Waals surface area contributed by atoms with Crippen molar-refractivity contribution >= 4 is 0 Å². The summed E-state index contributed by atoms with van der Waals surface area (Å²) in [6, 6.07) is 0. The summed E-state index contributed by atoms with van der Waals surface area (Å²) in [4.78, 5) is 0. The van der Waals surface area contributed by atoms with Crippen molar-refractivity contribution in [2.45, 2.75) is 52.7 Å². The molecular formula is C13H28O4. The molecule has 4 nitrogen and oxygen atoms in total. The lowest BCUT2D eigenvalue weighted by Gasteiger charge is -2.34. The van der Waals surface area contributed by atoms with Gasteiger partial charge >= 0.3 is 0 Å². The van der Waals surface area contributed by atoms with Gasteiger partial charge in [0, 0.05) is 5.41 Å². The first-order chi connectivity index (χ1) is 7.81. The molecule has 0 unspecified atom stereocenters. The van der Waals surface area contributed by atoms with E-state index in [4.69, 9.17) is 9.47 Å². The third-order valence-corrected chi connectivity index (χ3v) is 2.95. The Morgan fingerprint density at radius 3 is 1.94 bits per heavy atom. The summed E-state index contributed by atoms with van der Waals surface area (Å²) in [7, 11) is 0. The van der Waals surface area contributed by atoms with E-state index in [1.54, 1.807) is 0 Å². The molecule has 0 spiro atoms. The largest absolute Gasteiger partial charge is 0.396 e. The number of aliphatic hydroxyl groups is 2. The molecule has 0 aromatic heterocycles. The van der Waals surface area contributed by atoms with Gasteiger partial charge in [0.15, 0.2) is 0 Å². The number of aliphatic hydroxyl groups excluding tert-OH is 2. The Labute approximate surface area is 105 Å². The molecule has 2 N–H and O–H groups in total. The molecule has 0 heterocycles. The van der Waals surface area contributed by atoms with Crippen LogP contribution >= 0.6 is 0 Å². The van der Waals surface area contributed by atoms with Crippen molar-refractivity contribution in [2.75, 3.05) is 26.4 Å². The van der Waals surface area contributed by atoms with E-state index < -0.39 is 11.0 Å². The highest BCUT2D eigenvalue weighted by Gasteiger charge is 2.30. The lowest BCUT2D eigenvalue weighted by atomic mass is 9.88. The predicted molar refractivity (Wildman–Crippen MR) is 68.0 cm³/mol. The van der Waals surface area contributed by atoms with Gasteiger partial charge in [0.05, 0.1) is 38.1 Å². The predicted octanol–water partition coefficient (Wildman–Crippen LogP) is 1.59. The maximum Gasteiger partial charge on any atom is 0.0859 e. The average molecular weight is 248 g/mol. The van der Waals surface area contributed by atoms with Crippen molar-refractivity contribution in [1.82, 2.24) is 0 Å². The molecule has 0 aromatic carbocycles. The molecule has 0 atom stereocenters. The van der Waals surface area contributed by atoms with Crippen LogP contribution in [-0.2, 0) is 9.47 Å². The average Bonchev–Trinajstić information content (AvgIpc) is 2.29. The molecule has 0 saturated heterocycles. The molecule has 0 aliphatic carbocycles. The van der Waals surface area contributed by atoms with E-state index in [1.807, 2.05) is 34.6 Å². The van der Waals surface area contributed by atoms with Crippen LogP contribution in [-0.4, -0.2) is 48.3 Å². The fourth-order valence-corrected chi connectivity index (χ4v) is 1.22. The minimum absolute atomic E-state index is 0.0683. The standard InChI is InChI=1S/C13H28O4/c1-6-13(7-14,8-15)10-17-12(4,5)9-16-11(2)3/h11,14-15H,6-10H2,1-5H3. The van der Waals surface area contributed by atoms with E-state index in [1.165, 1.54) is 0 Å². The van der Waals surface area contributed by atoms with Gasteiger partial charge in [0.2, 0.25) is 0 Å². The highest BCUT2D eigenvalue weighted by molar-refractivity contribution is 4.78. The van der Waals surface area contributed by atoms with Crippen LogP contribution in [0.1, 0.15) is 41.0 Å². The van der Waals surface area contributed by atoms with E-state index in [2.05, 4.69) is 0 Å². The van der Waals surface area contributed by atoms with Crippen LogP contribution in [0.5, 0.6) is 0 Å². The van der Waals surface area contributed by atoms with Gasteiger partial charge in [-0.2, -0.15) is 0 Å². The molecule has 0 aromatic rings. The van der Waals surface area contributed by atoms with E-state index >= 15 is 0 Å². The summed E-state index contributed by atoms with van der Waals surface area (Å²) in [5.41, 5.74) is -0.954. The van der Waals surface area contributed by atoms with Crippen molar-refractivity contribution < 1.29 is 19.7 Å². The first kappa shape index (κ1) is 16.8. The third-order valence-electron chi connectivity index (χ3n) is 2.95. The molecule has 0 radical (unpaired) electrons. The normalized spacial score (nSPS) is 13.4. The lowest BCUT2D eigenvalue weighted by Crippen LogP contribution is -2.41. The summed E-state index contributed by atoms with van der Waals surface area (Å²) < 4.78 is 11.3. The second-order valence-electron chi connectivity index (χ2n) is 5.58. The highest BCUT2D eigenvalue weighted by Crippen LogP contribution is 2.24. The van der Waals surface area contributed by atoms with Crippen LogP contribution in [0.4, 0.5) is 0 Å². The summed E-state index contributed by atoms with van der Waals surface area (Å²) >= 11 is 0. The van der Waals surface area contributed by atoms with Crippen molar-refractivity contribution in [1.29, 1.82) is 0 Å². The summed E-state index contributed by atoms with van der Waals surface area (Å²) in [5.74, 6) is 0. The Balaban J connectivity index is 4.22. The zero-order valence-corrected chi connectivity index (χ0v) is 11.8. The minimum Gasteiger partial charge on any atom is -0.396 e. The third kappa shape index (κ3) is 6.36. The van der Waals surface area contributed by atoms with Gasteiger partial charge in [0.25, 0.3) is 0 Å². The van der Waals surface area contributed by atoms with Crippen molar-refractivity contribution in [3.63, 3.8) is 0 Å². The molecule has 0 fully saturated rings. The van der Waals surface area contributed by atoms with Crippen LogP contribution in [0.25, 0.3) is 0 Å². The Hall–Kier alpha value is -0.160. The first-order valence-corrected chi connectivity index (χ1v) is 6.28. The molecule has 17 heavy (non-hydrogen) atoms. The number of ether oxygens (including phenoxy) is 2. The van der Waals surface area contributed by atoms with Crippen molar-refractivity contribution in [2.24, 2.45) is 5.41 Å². The monoisotopic (exact) mass is 248 g/mol. The van der Waals surface area contributed by atoms with Gasteiger partial charge in [-0.05, 0) is 34.1 Å². The van der Waals surface area contributed by atoms with Crippen LogP contribution in [0.15, 0.2) is 0 Å². The fourth-order valence-electron chi connectivity index (χ4n) is 1.22. The summed E-state index contributed by atoms with van der Waals surface area (Å²) in [6.07, 6.45) is 0.852. The molecular weight excluding hydrogens is 220 g/mol. The molecule has 0 amide bonds. The Kier molecular flexibility index (Phi) is 7.24. The van der Waals surface area contributed by atoms with E-state index in [0.717, 1.165) is 0 Å². The quantitative estimate of drug-likeness (QED) is 0.650. The van der Waals surface area contributed by atoms with Crippen LogP contribution in [0, 0.1) is 5.41 Å². The van der Waals surface area contributed by atoms with E-state index in [0.29, 0.717) is 19.6 Å². The van der Waals surface area contributed by atoms with Gasteiger partial charge < -0.3 is 19.7 Å². The van der Waals surface area contributed by atoms with E-state index in [9.17, 15) is 10.2 Å². The Morgan fingerprint density at radius 2 is 1.59 bits per heavy atom. The summed E-state index contributed by atoms with van der Waals surface area (Å²) in [5, 5.41) is 18.6. The number of hydrogen-bond donors (Lipinski definition) is 2. The second kappa shape index (κ2) is 7.31. The fraction of sp³-hybridized carbons (Fsp3) is 1.00. The molecule has 104 valence electrons. The maximum atomic E-state index is 9.32. The zero-order valence-electron chi connectivity index (χ0n) is 11.8. The molecule has 0 aliphatic rings. The molecule has 0 bridgehead atoms. The van der Waals surface area contributed by atoms with E-state index in [-0.39, 0.29) is 19.3 Å². The SMILES string of the molecule is CCC(CO)(CO)COC(C)(C)COC(C)C. The molecule has 0 rings (SSSR count). The zero-order chi connectivity index (χ0) is 13.5. The van der Waals surface area contributed by atoms with Gasteiger partial charge in [-0.1, -0.05) is 6.92 Å². The van der Waals surface area contributed by atoms with Gasteiger partial charge in [0.1, 0.15) is 0 Å². The smallest absolute Gasteiger partial charge is 0.0859 e. The van der Waals surface area contributed by atoms with Crippen molar-refractivity contribution in [3.05, 3.63) is 0 Å². The first-order valence-electron chi connectivity index (χ1n) is 6.28. The number of rotatable bonds is 9. The van der Waals surface area contributed by atoms with Crippen LogP contribution < -0.4 is 0 Å². The minimum atomic E-state index is -0.547. The second-order valence-corrected chi connectivity index (χ2v) is 5.58. The summed E-state index contributed by atoms with van der Waals surface area (Å²) in [6.45, 7) is 10.5. The van der Waals surface area contributed by atoms with Crippen LogP contribution in [0.3, 0.4) is 0 Å². The van der Waals surface area contributed by atoms with Gasteiger partial charge in [-0.25, -0.2) is 0 Å². The highest BCUT2D eigenvalue weighted by atomic mass is 16.5. The van der Waals surface area contributed by atoms with Crippen molar-refractivity contribution in [3.8, 4) is 0 Å². The topological polar surface area (TPSA) is 58.9 Å². The Bertz CT molecular complexity index is 189. The van der Waals surface area contributed by atoms with Gasteiger partial charge in [-0.3, -0.25) is 0 Å². The molecule has 0 saturated carbocycles. The molecule has 4 heteroatoms.